The van der Waals surface area contributed by atoms with E-state index >= 15 is 0 Å². The molecule has 2 rings (SSSR count). The quantitative estimate of drug-likeness (QED) is 0.893. The summed E-state index contributed by atoms with van der Waals surface area (Å²) < 4.78 is 13.9. The summed E-state index contributed by atoms with van der Waals surface area (Å²) >= 11 is 0. The molecule has 0 aliphatic carbocycles. The number of halogens is 1. The molecule has 1 aromatic rings. The van der Waals surface area contributed by atoms with Crippen LogP contribution < -0.4 is 5.32 Å². The third-order valence-electron chi connectivity index (χ3n) is 3.93. The fraction of sp³-hybridized carbons (Fsp3) is 0.600. The Hall–Kier alpha value is -0.970. The molecule has 1 unspecified atom stereocenters. The maximum atomic E-state index is 13.9. The summed E-state index contributed by atoms with van der Waals surface area (Å²) in [6.07, 6.45) is 0. The molecule has 1 heterocycles. The summed E-state index contributed by atoms with van der Waals surface area (Å²) in [5.41, 5.74) is 1.95. The monoisotopic (exact) mass is 265 g/mol. The van der Waals surface area contributed by atoms with E-state index in [0.29, 0.717) is 12.6 Å². The van der Waals surface area contributed by atoms with Crippen LogP contribution in [0, 0.1) is 5.82 Å². The molecule has 4 heteroatoms. The molecule has 1 atom stereocenters. The average molecular weight is 265 g/mol. The second-order valence-corrected chi connectivity index (χ2v) is 5.52. The van der Waals surface area contributed by atoms with Crippen molar-refractivity contribution in [1.82, 2.24) is 15.1 Å². The van der Waals surface area contributed by atoms with Crippen molar-refractivity contribution in [3.05, 3.63) is 35.1 Å². The van der Waals surface area contributed by atoms with Crippen LogP contribution in [0.1, 0.15) is 18.1 Å². The molecule has 1 aromatic carbocycles. The Morgan fingerprint density at radius 2 is 2.16 bits per heavy atom. The van der Waals surface area contributed by atoms with Gasteiger partial charge >= 0.3 is 0 Å². The minimum atomic E-state index is -0.0913. The zero-order valence-corrected chi connectivity index (χ0v) is 12.1. The van der Waals surface area contributed by atoms with Crippen molar-refractivity contribution in [2.24, 2.45) is 0 Å². The summed E-state index contributed by atoms with van der Waals surface area (Å²) in [5.74, 6) is -0.0913. The van der Waals surface area contributed by atoms with Crippen molar-refractivity contribution in [3.63, 3.8) is 0 Å². The topological polar surface area (TPSA) is 18.5 Å². The van der Waals surface area contributed by atoms with E-state index in [0.717, 1.165) is 37.3 Å². The van der Waals surface area contributed by atoms with Gasteiger partial charge in [0.25, 0.3) is 0 Å². The third kappa shape index (κ3) is 3.75. The van der Waals surface area contributed by atoms with Gasteiger partial charge in [-0.2, -0.15) is 0 Å². The van der Waals surface area contributed by atoms with Crippen molar-refractivity contribution in [1.29, 1.82) is 0 Å². The van der Waals surface area contributed by atoms with E-state index in [2.05, 4.69) is 29.1 Å². The predicted molar refractivity (Wildman–Crippen MR) is 76.5 cm³/mol. The number of hydrogen-bond donors (Lipinski definition) is 1. The van der Waals surface area contributed by atoms with Crippen LogP contribution in [0.25, 0.3) is 0 Å². The van der Waals surface area contributed by atoms with Crippen molar-refractivity contribution in [2.45, 2.75) is 26.1 Å². The molecule has 1 fully saturated rings. The summed E-state index contributed by atoms with van der Waals surface area (Å²) in [5, 5.41) is 3.10. The summed E-state index contributed by atoms with van der Waals surface area (Å²) in [4.78, 5) is 4.69. The molecule has 0 amide bonds. The van der Waals surface area contributed by atoms with E-state index in [-0.39, 0.29) is 5.82 Å². The molecule has 1 aliphatic rings. The normalized spacial score (nSPS) is 21.8. The van der Waals surface area contributed by atoms with Gasteiger partial charge in [0.2, 0.25) is 0 Å². The molecule has 0 aromatic heterocycles. The van der Waals surface area contributed by atoms with E-state index in [1.54, 1.807) is 6.07 Å². The van der Waals surface area contributed by atoms with Gasteiger partial charge in [-0.3, -0.25) is 4.90 Å². The van der Waals surface area contributed by atoms with Crippen molar-refractivity contribution in [3.8, 4) is 0 Å². The van der Waals surface area contributed by atoms with Crippen LogP contribution in [0.2, 0.25) is 0 Å². The molecule has 1 aliphatic heterocycles. The fourth-order valence-electron chi connectivity index (χ4n) is 2.57. The molecular formula is C15H24FN3. The lowest BCUT2D eigenvalue weighted by atomic mass is 10.1. The van der Waals surface area contributed by atoms with Crippen LogP contribution in [-0.4, -0.2) is 49.6 Å². The predicted octanol–water partition coefficient (Wildman–Crippen LogP) is 1.68. The number of benzene rings is 1. The first-order valence-electron chi connectivity index (χ1n) is 6.94. The standard InChI is InChI=1S/C15H24FN3/c1-12-10-19(7-6-18(12)3)11-14-8-13(9-17-2)4-5-15(14)16/h4-5,8,12,17H,6-7,9-11H2,1-3H3. The van der Waals surface area contributed by atoms with Crippen molar-refractivity contribution in [2.75, 3.05) is 33.7 Å². The van der Waals surface area contributed by atoms with Gasteiger partial charge < -0.3 is 10.2 Å². The molecule has 1 saturated heterocycles. The second-order valence-electron chi connectivity index (χ2n) is 5.52. The van der Waals surface area contributed by atoms with Gasteiger partial charge in [0.15, 0.2) is 0 Å². The van der Waals surface area contributed by atoms with Gasteiger partial charge in [0, 0.05) is 44.3 Å². The van der Waals surface area contributed by atoms with Gasteiger partial charge in [0.05, 0.1) is 0 Å². The Bertz CT molecular complexity index is 422. The Balaban J connectivity index is 2.04. The van der Waals surface area contributed by atoms with Crippen LogP contribution in [0.5, 0.6) is 0 Å². The van der Waals surface area contributed by atoms with Crippen molar-refractivity contribution >= 4 is 0 Å². The lowest BCUT2D eigenvalue weighted by Crippen LogP contribution is -2.49. The van der Waals surface area contributed by atoms with Crippen LogP contribution in [-0.2, 0) is 13.1 Å². The van der Waals surface area contributed by atoms with Crippen LogP contribution in [0.3, 0.4) is 0 Å². The second kappa shape index (κ2) is 6.46. The first-order chi connectivity index (χ1) is 9.10. The zero-order valence-electron chi connectivity index (χ0n) is 12.1. The van der Waals surface area contributed by atoms with Crippen molar-refractivity contribution < 1.29 is 4.39 Å². The molecule has 1 N–H and O–H groups in total. The Labute approximate surface area is 115 Å². The average Bonchev–Trinajstić information content (AvgIpc) is 2.38. The van der Waals surface area contributed by atoms with E-state index < -0.39 is 0 Å². The molecule has 0 radical (unpaired) electrons. The highest BCUT2D eigenvalue weighted by Gasteiger charge is 2.21. The first-order valence-corrected chi connectivity index (χ1v) is 6.94. The van der Waals surface area contributed by atoms with Gasteiger partial charge in [-0.1, -0.05) is 12.1 Å². The lowest BCUT2D eigenvalue weighted by molar-refractivity contribution is 0.0991. The van der Waals surface area contributed by atoms with Crippen LogP contribution in [0.4, 0.5) is 4.39 Å². The number of likely N-dealkylation sites (N-methyl/N-ethyl adjacent to an activating group) is 1. The highest BCUT2D eigenvalue weighted by molar-refractivity contribution is 5.25. The highest BCUT2D eigenvalue weighted by Crippen LogP contribution is 2.16. The number of rotatable bonds is 4. The van der Waals surface area contributed by atoms with Gasteiger partial charge in [-0.05, 0) is 32.6 Å². The Kier molecular flexibility index (Phi) is 4.91. The Morgan fingerprint density at radius 1 is 1.37 bits per heavy atom. The number of nitrogens with one attached hydrogen (secondary N) is 1. The fourth-order valence-corrected chi connectivity index (χ4v) is 2.57. The summed E-state index contributed by atoms with van der Waals surface area (Å²) in [6, 6.07) is 5.95. The first kappa shape index (κ1) is 14.4. The lowest BCUT2D eigenvalue weighted by Gasteiger charge is -2.37. The summed E-state index contributed by atoms with van der Waals surface area (Å²) in [7, 11) is 4.06. The number of piperazine rings is 1. The summed E-state index contributed by atoms with van der Waals surface area (Å²) in [6.45, 7) is 6.79. The van der Waals surface area contributed by atoms with E-state index in [1.165, 1.54) is 0 Å². The SMILES string of the molecule is CNCc1ccc(F)c(CN2CCN(C)C(C)C2)c1. The molecule has 3 nitrogen and oxygen atoms in total. The van der Waals surface area contributed by atoms with Gasteiger partial charge in [-0.15, -0.1) is 0 Å². The number of hydrogen-bond acceptors (Lipinski definition) is 3. The van der Waals surface area contributed by atoms with E-state index in [9.17, 15) is 4.39 Å². The smallest absolute Gasteiger partial charge is 0.127 e. The maximum absolute atomic E-state index is 13.9. The van der Waals surface area contributed by atoms with E-state index in [1.807, 2.05) is 19.2 Å². The molecule has 0 bridgehead atoms. The molecule has 106 valence electrons. The molecule has 0 spiro atoms. The highest BCUT2D eigenvalue weighted by atomic mass is 19.1. The van der Waals surface area contributed by atoms with Crippen LogP contribution >= 0.6 is 0 Å². The molecule has 19 heavy (non-hydrogen) atoms. The Morgan fingerprint density at radius 3 is 2.84 bits per heavy atom. The minimum absolute atomic E-state index is 0.0913. The maximum Gasteiger partial charge on any atom is 0.127 e. The van der Waals surface area contributed by atoms with Crippen LogP contribution in [0.15, 0.2) is 18.2 Å². The van der Waals surface area contributed by atoms with E-state index in [4.69, 9.17) is 0 Å². The minimum Gasteiger partial charge on any atom is -0.316 e. The molecular weight excluding hydrogens is 241 g/mol. The molecule has 0 saturated carbocycles. The van der Waals surface area contributed by atoms with Gasteiger partial charge in [0.1, 0.15) is 5.82 Å². The largest absolute Gasteiger partial charge is 0.316 e. The van der Waals surface area contributed by atoms with Gasteiger partial charge in [-0.25, -0.2) is 4.39 Å². The third-order valence-corrected chi connectivity index (χ3v) is 3.93. The number of nitrogens with zero attached hydrogens (tertiary/aromatic N) is 2. The zero-order chi connectivity index (χ0) is 13.8.